The predicted molar refractivity (Wildman–Crippen MR) is 59.5 cm³/mol. The molecule has 0 radical (unpaired) electrons. The van der Waals surface area contributed by atoms with Gasteiger partial charge in [0.2, 0.25) is 10.4 Å². The smallest absolute Gasteiger partial charge is 0.256 e. The lowest BCUT2D eigenvalue weighted by molar-refractivity contribution is 0.291. The number of hydrogen-bond donors (Lipinski definition) is 0. The molecule has 0 unspecified atom stereocenters. The summed E-state index contributed by atoms with van der Waals surface area (Å²) in [6.45, 7) is 2.74. The van der Waals surface area contributed by atoms with E-state index in [0.29, 0.717) is 6.61 Å². The minimum absolute atomic E-state index is 0.0444. The van der Waals surface area contributed by atoms with Crippen LogP contribution in [0.4, 0.5) is 0 Å². The summed E-state index contributed by atoms with van der Waals surface area (Å²) in [5, 5.41) is 7.27. The van der Waals surface area contributed by atoms with Crippen molar-refractivity contribution in [1.29, 1.82) is 0 Å². The van der Waals surface area contributed by atoms with E-state index in [1.54, 1.807) is 0 Å². The zero-order valence-electron chi connectivity index (χ0n) is 8.54. The third kappa shape index (κ3) is 4.62. The van der Waals surface area contributed by atoms with Crippen LogP contribution in [0.25, 0.3) is 0 Å². The normalized spacial score (nSPS) is 10.3. The van der Waals surface area contributed by atoms with Gasteiger partial charge in [-0.15, -0.1) is 10.2 Å². The van der Waals surface area contributed by atoms with E-state index < -0.39 is 0 Å². The molecule has 0 aromatic carbocycles. The van der Waals surface area contributed by atoms with Crippen LogP contribution in [0, 0.1) is 0 Å². The van der Waals surface area contributed by atoms with Crippen molar-refractivity contribution in [3.8, 4) is 5.88 Å². The molecule has 0 N–H and O–H groups in total. The number of unbranched alkanes of at least 4 members (excludes halogenated alkanes) is 3. The highest BCUT2D eigenvalue weighted by atomic mass is 35.5. The lowest BCUT2D eigenvalue weighted by atomic mass is 10.2. The summed E-state index contributed by atoms with van der Waals surface area (Å²) in [7, 11) is 0. The van der Waals surface area contributed by atoms with E-state index in [1.807, 2.05) is 0 Å². The lowest BCUT2D eigenvalue weighted by Crippen LogP contribution is -2.02. The van der Waals surface area contributed by atoms with E-state index in [2.05, 4.69) is 22.1 Å². The molecule has 0 aliphatic heterocycles. The summed E-state index contributed by atoms with van der Waals surface area (Å²) < 4.78 is 5.33. The van der Waals surface area contributed by atoms with Crippen LogP contribution in [0.1, 0.15) is 32.6 Å². The molecule has 1 aromatic heterocycles. The molecule has 0 aliphatic carbocycles. The number of halogens is 2. The summed E-state index contributed by atoms with van der Waals surface area (Å²) >= 11 is 11.3. The van der Waals surface area contributed by atoms with Crippen LogP contribution in [0.15, 0.2) is 0 Å². The predicted octanol–water partition coefficient (Wildman–Crippen LogP) is 3.14. The van der Waals surface area contributed by atoms with Crippen molar-refractivity contribution in [2.24, 2.45) is 0 Å². The first-order chi connectivity index (χ1) is 7.24. The van der Waals surface area contributed by atoms with Gasteiger partial charge >= 0.3 is 0 Å². The molecular weight excluding hydrogens is 237 g/mol. The summed E-state index contributed by atoms with van der Waals surface area (Å²) in [5.41, 5.74) is 0. The van der Waals surface area contributed by atoms with Gasteiger partial charge in [-0.3, -0.25) is 0 Å². The highest BCUT2D eigenvalue weighted by Gasteiger charge is 2.06. The van der Waals surface area contributed by atoms with Crippen molar-refractivity contribution < 1.29 is 4.74 Å². The number of nitrogens with zero attached hydrogens (tertiary/aromatic N) is 3. The molecule has 0 saturated carbocycles. The number of aromatic nitrogens is 3. The zero-order chi connectivity index (χ0) is 11.1. The third-order valence-corrected chi connectivity index (χ3v) is 2.22. The molecule has 1 heterocycles. The van der Waals surface area contributed by atoms with Crippen molar-refractivity contribution in [3.63, 3.8) is 0 Å². The van der Waals surface area contributed by atoms with Crippen molar-refractivity contribution in [2.75, 3.05) is 6.61 Å². The van der Waals surface area contributed by atoms with E-state index in [9.17, 15) is 0 Å². The monoisotopic (exact) mass is 249 g/mol. The Morgan fingerprint density at radius 1 is 1.13 bits per heavy atom. The molecular formula is C9H13Cl2N3O. The fourth-order valence-corrected chi connectivity index (χ4v) is 1.32. The molecule has 4 nitrogen and oxygen atoms in total. The Balaban J connectivity index is 2.33. The number of ether oxygens (including phenoxy) is 1. The maximum atomic E-state index is 5.72. The van der Waals surface area contributed by atoms with Gasteiger partial charge in [-0.25, -0.2) is 0 Å². The Morgan fingerprint density at radius 3 is 2.67 bits per heavy atom. The largest absolute Gasteiger partial charge is 0.475 e. The van der Waals surface area contributed by atoms with E-state index in [4.69, 9.17) is 27.9 Å². The highest BCUT2D eigenvalue weighted by Crippen LogP contribution is 2.19. The topological polar surface area (TPSA) is 47.9 Å². The molecule has 0 amide bonds. The van der Waals surface area contributed by atoms with E-state index in [-0.39, 0.29) is 16.3 Å². The second kappa shape index (κ2) is 6.80. The van der Waals surface area contributed by atoms with Crippen LogP contribution in [0.2, 0.25) is 10.4 Å². The fraction of sp³-hybridized carbons (Fsp3) is 0.667. The van der Waals surface area contributed by atoms with E-state index in [1.165, 1.54) is 12.8 Å². The van der Waals surface area contributed by atoms with Crippen LogP contribution >= 0.6 is 23.2 Å². The Morgan fingerprint density at radius 2 is 1.93 bits per heavy atom. The average molecular weight is 250 g/mol. The van der Waals surface area contributed by atoms with Gasteiger partial charge in [0.05, 0.1) is 6.61 Å². The van der Waals surface area contributed by atoms with E-state index >= 15 is 0 Å². The van der Waals surface area contributed by atoms with Gasteiger partial charge in [0.15, 0.2) is 0 Å². The maximum absolute atomic E-state index is 5.72. The third-order valence-electron chi connectivity index (χ3n) is 1.83. The summed E-state index contributed by atoms with van der Waals surface area (Å²) in [4.78, 5) is 3.83. The lowest BCUT2D eigenvalue weighted by Gasteiger charge is -2.05. The SMILES string of the molecule is CCCCCCOc1nc(Cl)nnc1Cl. The van der Waals surface area contributed by atoms with Crippen molar-refractivity contribution in [1.82, 2.24) is 15.2 Å². The second-order valence-corrected chi connectivity index (χ2v) is 3.78. The highest BCUT2D eigenvalue weighted by molar-refractivity contribution is 6.31. The van der Waals surface area contributed by atoms with Gasteiger partial charge in [-0.05, 0) is 18.0 Å². The first kappa shape index (κ1) is 12.5. The molecule has 1 aromatic rings. The molecule has 0 spiro atoms. The Kier molecular flexibility index (Phi) is 5.65. The molecule has 0 aliphatic rings. The molecule has 15 heavy (non-hydrogen) atoms. The summed E-state index contributed by atoms with van der Waals surface area (Å²) in [6.07, 6.45) is 4.52. The maximum Gasteiger partial charge on any atom is 0.256 e. The van der Waals surface area contributed by atoms with Crippen LogP contribution in [-0.4, -0.2) is 21.8 Å². The van der Waals surface area contributed by atoms with Crippen molar-refractivity contribution in [2.45, 2.75) is 32.6 Å². The molecule has 0 bridgehead atoms. The van der Waals surface area contributed by atoms with E-state index in [0.717, 1.165) is 12.8 Å². The Bertz CT molecular complexity index is 309. The number of hydrogen-bond acceptors (Lipinski definition) is 4. The molecule has 84 valence electrons. The van der Waals surface area contributed by atoms with Gasteiger partial charge in [-0.2, -0.15) is 4.98 Å². The number of rotatable bonds is 6. The molecule has 6 heteroatoms. The minimum atomic E-state index is 0.0444. The van der Waals surface area contributed by atoms with Crippen LogP contribution in [-0.2, 0) is 0 Å². The Hall–Kier alpha value is -0.610. The van der Waals surface area contributed by atoms with Gasteiger partial charge in [0.1, 0.15) is 0 Å². The summed E-state index contributed by atoms with van der Waals surface area (Å²) in [6, 6.07) is 0. The van der Waals surface area contributed by atoms with Crippen LogP contribution < -0.4 is 4.74 Å². The van der Waals surface area contributed by atoms with Crippen molar-refractivity contribution in [3.05, 3.63) is 10.4 Å². The Labute approximate surface area is 99.0 Å². The summed E-state index contributed by atoms with van der Waals surface area (Å²) in [5.74, 6) is 0.258. The molecule has 1 rings (SSSR count). The zero-order valence-corrected chi connectivity index (χ0v) is 10.1. The average Bonchev–Trinajstić information content (AvgIpc) is 2.23. The standard InChI is InChI=1S/C9H13Cl2N3O/c1-2-3-4-5-6-15-8-7(10)13-14-9(11)12-8/h2-6H2,1H3. The first-order valence-electron chi connectivity index (χ1n) is 4.92. The molecule has 0 fully saturated rings. The van der Waals surface area contributed by atoms with Gasteiger partial charge in [0, 0.05) is 0 Å². The molecule has 0 saturated heterocycles. The van der Waals surface area contributed by atoms with Gasteiger partial charge < -0.3 is 4.74 Å². The van der Waals surface area contributed by atoms with Crippen molar-refractivity contribution >= 4 is 23.2 Å². The van der Waals surface area contributed by atoms with Gasteiger partial charge in [-0.1, -0.05) is 37.8 Å². The molecule has 0 atom stereocenters. The van der Waals surface area contributed by atoms with Crippen LogP contribution in [0.5, 0.6) is 5.88 Å². The van der Waals surface area contributed by atoms with Crippen LogP contribution in [0.3, 0.4) is 0 Å². The quantitative estimate of drug-likeness (QED) is 0.727. The minimum Gasteiger partial charge on any atom is -0.475 e. The second-order valence-electron chi connectivity index (χ2n) is 3.09. The first-order valence-corrected chi connectivity index (χ1v) is 5.68. The fourth-order valence-electron chi connectivity index (χ4n) is 1.07. The van der Waals surface area contributed by atoms with Gasteiger partial charge in [0.25, 0.3) is 5.88 Å².